The van der Waals surface area contributed by atoms with Crippen LogP contribution >= 0.6 is 11.8 Å². The highest BCUT2D eigenvalue weighted by molar-refractivity contribution is 7.99. The van der Waals surface area contributed by atoms with Crippen LogP contribution in [-0.4, -0.2) is 30.0 Å². The van der Waals surface area contributed by atoms with Crippen LogP contribution in [-0.2, 0) is 4.79 Å². The molecule has 1 unspecified atom stereocenters. The fourth-order valence-electron chi connectivity index (χ4n) is 3.02. The average molecular weight is 256 g/mol. The van der Waals surface area contributed by atoms with Gasteiger partial charge in [-0.2, -0.15) is 11.8 Å². The molecule has 1 atom stereocenters. The molecule has 1 heterocycles. The van der Waals surface area contributed by atoms with E-state index in [1.54, 1.807) is 0 Å². The molecule has 1 aliphatic carbocycles. The minimum absolute atomic E-state index is 0.105. The first-order chi connectivity index (χ1) is 8.24. The van der Waals surface area contributed by atoms with Crippen molar-refractivity contribution in [3.63, 3.8) is 0 Å². The lowest BCUT2D eigenvalue weighted by atomic mass is 9.71. The zero-order valence-electron chi connectivity index (χ0n) is 10.5. The number of hydrogen-bond acceptors (Lipinski definition) is 3. The molecular weight excluding hydrogens is 232 g/mol. The van der Waals surface area contributed by atoms with E-state index in [4.69, 9.17) is 5.73 Å². The van der Waals surface area contributed by atoms with Gasteiger partial charge in [-0.05, 0) is 37.0 Å². The van der Waals surface area contributed by atoms with Gasteiger partial charge in [0.15, 0.2) is 0 Å². The number of hydrogen-bond donors (Lipinski definition) is 2. The first-order valence-corrected chi connectivity index (χ1v) is 7.97. The van der Waals surface area contributed by atoms with Crippen LogP contribution in [0.25, 0.3) is 0 Å². The minimum Gasteiger partial charge on any atom is -0.352 e. The Kier molecular flexibility index (Phi) is 4.74. The summed E-state index contributed by atoms with van der Waals surface area (Å²) in [6.45, 7) is 0.667. The van der Waals surface area contributed by atoms with Gasteiger partial charge in [-0.15, -0.1) is 0 Å². The molecule has 0 radical (unpaired) electrons. The third kappa shape index (κ3) is 3.62. The van der Waals surface area contributed by atoms with E-state index in [-0.39, 0.29) is 11.3 Å². The summed E-state index contributed by atoms with van der Waals surface area (Å²) in [4.78, 5) is 12.1. The van der Waals surface area contributed by atoms with Gasteiger partial charge in [-0.1, -0.05) is 19.3 Å². The van der Waals surface area contributed by atoms with Crippen molar-refractivity contribution in [2.24, 2.45) is 11.1 Å². The highest BCUT2D eigenvalue weighted by atomic mass is 32.2. The van der Waals surface area contributed by atoms with Gasteiger partial charge >= 0.3 is 0 Å². The number of rotatable bonds is 4. The zero-order chi connectivity index (χ0) is 12.1. The van der Waals surface area contributed by atoms with Crippen molar-refractivity contribution in [3.05, 3.63) is 0 Å². The molecule has 0 aromatic heterocycles. The summed E-state index contributed by atoms with van der Waals surface area (Å²) >= 11 is 1.94. The van der Waals surface area contributed by atoms with Crippen LogP contribution in [0.15, 0.2) is 0 Å². The highest BCUT2D eigenvalue weighted by Crippen LogP contribution is 2.38. The molecule has 98 valence electrons. The Morgan fingerprint density at radius 2 is 2.12 bits per heavy atom. The summed E-state index contributed by atoms with van der Waals surface area (Å²) in [5, 5.41) is 3.17. The maximum atomic E-state index is 12.1. The molecule has 0 aromatic rings. The van der Waals surface area contributed by atoms with Crippen molar-refractivity contribution >= 4 is 17.7 Å². The Morgan fingerprint density at radius 3 is 2.71 bits per heavy atom. The number of nitrogens with two attached hydrogens (primary N) is 1. The Labute approximate surface area is 108 Å². The summed E-state index contributed by atoms with van der Waals surface area (Å²) in [5.41, 5.74) is 6.02. The molecule has 4 heteroatoms. The SMILES string of the molecule is NCC1(CC(=O)NC2CCSC2)CCCCC1. The van der Waals surface area contributed by atoms with Crippen molar-refractivity contribution in [2.75, 3.05) is 18.1 Å². The predicted molar refractivity (Wildman–Crippen MR) is 73.1 cm³/mol. The van der Waals surface area contributed by atoms with E-state index in [0.717, 1.165) is 25.0 Å². The third-order valence-electron chi connectivity index (χ3n) is 4.18. The predicted octanol–water partition coefficient (Wildman–Crippen LogP) is 1.91. The first kappa shape index (κ1) is 13.2. The Bertz CT molecular complexity index is 258. The number of nitrogens with one attached hydrogen (secondary N) is 1. The van der Waals surface area contributed by atoms with Crippen LogP contribution in [0.1, 0.15) is 44.9 Å². The molecule has 0 spiro atoms. The summed E-state index contributed by atoms with van der Waals surface area (Å²) in [7, 11) is 0. The Morgan fingerprint density at radius 1 is 1.35 bits per heavy atom. The number of carbonyl (C=O) groups is 1. The van der Waals surface area contributed by atoms with Crippen molar-refractivity contribution in [1.82, 2.24) is 5.32 Å². The topological polar surface area (TPSA) is 55.1 Å². The second kappa shape index (κ2) is 6.10. The second-order valence-corrected chi connectivity index (χ2v) is 6.72. The van der Waals surface area contributed by atoms with Gasteiger partial charge in [0, 0.05) is 18.2 Å². The fraction of sp³-hybridized carbons (Fsp3) is 0.923. The molecule has 0 bridgehead atoms. The monoisotopic (exact) mass is 256 g/mol. The van der Waals surface area contributed by atoms with Gasteiger partial charge in [0.1, 0.15) is 0 Å². The number of carbonyl (C=O) groups excluding carboxylic acids is 1. The average Bonchev–Trinajstić information content (AvgIpc) is 2.83. The lowest BCUT2D eigenvalue weighted by Crippen LogP contribution is -2.41. The van der Waals surface area contributed by atoms with Crippen molar-refractivity contribution < 1.29 is 4.79 Å². The van der Waals surface area contributed by atoms with E-state index in [2.05, 4.69) is 5.32 Å². The van der Waals surface area contributed by atoms with E-state index in [1.165, 1.54) is 25.0 Å². The Balaban J connectivity index is 1.82. The first-order valence-electron chi connectivity index (χ1n) is 6.81. The van der Waals surface area contributed by atoms with E-state index >= 15 is 0 Å². The van der Waals surface area contributed by atoms with E-state index < -0.39 is 0 Å². The van der Waals surface area contributed by atoms with E-state index in [9.17, 15) is 4.79 Å². The van der Waals surface area contributed by atoms with Crippen molar-refractivity contribution in [3.8, 4) is 0 Å². The maximum Gasteiger partial charge on any atom is 0.220 e. The Hall–Kier alpha value is -0.220. The van der Waals surface area contributed by atoms with Gasteiger partial charge in [-0.25, -0.2) is 0 Å². The van der Waals surface area contributed by atoms with Crippen LogP contribution in [0.3, 0.4) is 0 Å². The van der Waals surface area contributed by atoms with Crippen LogP contribution in [0.5, 0.6) is 0 Å². The highest BCUT2D eigenvalue weighted by Gasteiger charge is 2.33. The van der Waals surface area contributed by atoms with Gasteiger partial charge in [0.25, 0.3) is 0 Å². The van der Waals surface area contributed by atoms with Crippen molar-refractivity contribution in [1.29, 1.82) is 0 Å². The molecule has 2 rings (SSSR count). The zero-order valence-corrected chi connectivity index (χ0v) is 11.4. The normalized spacial score (nSPS) is 27.9. The van der Waals surface area contributed by atoms with Gasteiger partial charge in [0.2, 0.25) is 5.91 Å². The van der Waals surface area contributed by atoms with Gasteiger partial charge in [-0.3, -0.25) is 4.79 Å². The van der Waals surface area contributed by atoms with Crippen LogP contribution in [0, 0.1) is 5.41 Å². The molecular formula is C13H24N2OS. The minimum atomic E-state index is 0.105. The van der Waals surface area contributed by atoms with Crippen LogP contribution in [0.4, 0.5) is 0 Å². The number of amides is 1. The third-order valence-corrected chi connectivity index (χ3v) is 5.34. The van der Waals surface area contributed by atoms with Gasteiger partial charge in [0.05, 0.1) is 0 Å². The molecule has 1 amide bonds. The molecule has 1 saturated carbocycles. The summed E-state index contributed by atoms with van der Waals surface area (Å²) in [6.07, 6.45) is 7.83. The summed E-state index contributed by atoms with van der Waals surface area (Å²) in [5.74, 6) is 2.50. The smallest absolute Gasteiger partial charge is 0.220 e. The fourth-order valence-corrected chi connectivity index (χ4v) is 4.17. The summed E-state index contributed by atoms with van der Waals surface area (Å²) < 4.78 is 0. The molecule has 0 aromatic carbocycles. The van der Waals surface area contributed by atoms with E-state index in [1.807, 2.05) is 11.8 Å². The second-order valence-electron chi connectivity index (χ2n) is 5.57. The molecule has 3 nitrogen and oxygen atoms in total. The maximum absolute atomic E-state index is 12.1. The van der Waals surface area contributed by atoms with E-state index in [0.29, 0.717) is 19.0 Å². The quantitative estimate of drug-likeness (QED) is 0.808. The molecule has 3 N–H and O–H groups in total. The standard InChI is InChI=1S/C13H24N2OS/c14-10-13(5-2-1-3-6-13)8-12(16)15-11-4-7-17-9-11/h11H,1-10,14H2,(H,15,16). The molecule has 2 aliphatic rings. The largest absolute Gasteiger partial charge is 0.352 e. The lowest BCUT2D eigenvalue weighted by Gasteiger charge is -2.35. The van der Waals surface area contributed by atoms with Crippen LogP contribution < -0.4 is 11.1 Å². The van der Waals surface area contributed by atoms with Crippen LogP contribution in [0.2, 0.25) is 0 Å². The molecule has 17 heavy (non-hydrogen) atoms. The molecule has 1 saturated heterocycles. The molecule has 2 fully saturated rings. The lowest BCUT2D eigenvalue weighted by molar-refractivity contribution is -0.124. The van der Waals surface area contributed by atoms with Crippen molar-refractivity contribution in [2.45, 2.75) is 51.0 Å². The number of thioether (sulfide) groups is 1. The summed E-state index contributed by atoms with van der Waals surface area (Å²) in [6, 6.07) is 0.408. The van der Waals surface area contributed by atoms with Gasteiger partial charge < -0.3 is 11.1 Å². The molecule has 1 aliphatic heterocycles.